The Morgan fingerprint density at radius 1 is 1.22 bits per heavy atom. The number of nitrogens with zero attached hydrogens (tertiary/aromatic N) is 1. The van der Waals surface area contributed by atoms with E-state index >= 15 is 0 Å². The van der Waals surface area contributed by atoms with Gasteiger partial charge in [-0.25, -0.2) is 0 Å². The number of amides is 1. The number of rotatable bonds is 9. The highest BCUT2D eigenvalue weighted by molar-refractivity contribution is 6.31. The minimum atomic E-state index is -0.633. The van der Waals surface area contributed by atoms with Gasteiger partial charge < -0.3 is 14.8 Å². The van der Waals surface area contributed by atoms with Crippen LogP contribution < -0.4 is 14.8 Å². The molecule has 8 heteroatoms. The van der Waals surface area contributed by atoms with Crippen molar-refractivity contribution in [3.05, 3.63) is 62.7 Å². The molecule has 0 aliphatic carbocycles. The summed E-state index contributed by atoms with van der Waals surface area (Å²) in [6.07, 6.45) is 1.98. The van der Waals surface area contributed by atoms with Gasteiger partial charge in [0.15, 0.2) is 11.5 Å². The normalized spacial score (nSPS) is 10.3. The van der Waals surface area contributed by atoms with E-state index in [1.807, 2.05) is 0 Å². The van der Waals surface area contributed by atoms with Gasteiger partial charge in [-0.1, -0.05) is 31.0 Å². The molecular weight excluding hydrogens is 372 g/mol. The molecule has 0 fully saturated rings. The number of benzene rings is 2. The van der Waals surface area contributed by atoms with Crippen LogP contribution in [0.2, 0.25) is 5.02 Å². The van der Waals surface area contributed by atoms with Crippen LogP contribution >= 0.6 is 11.6 Å². The summed E-state index contributed by atoms with van der Waals surface area (Å²) >= 11 is 5.77. The van der Waals surface area contributed by atoms with Gasteiger partial charge in [0.1, 0.15) is 5.56 Å². The molecule has 0 saturated heterocycles. The first-order chi connectivity index (χ1) is 13.0. The number of unbranched alkanes of at least 4 members (excludes halogenated alkanes) is 1. The van der Waals surface area contributed by atoms with Crippen LogP contribution in [0.1, 0.15) is 35.7 Å². The summed E-state index contributed by atoms with van der Waals surface area (Å²) in [7, 11) is 1.54. The van der Waals surface area contributed by atoms with Crippen LogP contribution in [0, 0.1) is 10.1 Å². The Balaban J connectivity index is 2.08. The highest BCUT2D eigenvalue weighted by Gasteiger charge is 2.20. The molecular formula is C19H21ClN2O5. The van der Waals surface area contributed by atoms with Gasteiger partial charge in [-0.2, -0.15) is 0 Å². The largest absolute Gasteiger partial charge is 0.493 e. The Labute approximate surface area is 162 Å². The molecule has 0 spiro atoms. The third-order valence-electron chi connectivity index (χ3n) is 3.84. The molecule has 0 aliphatic heterocycles. The zero-order valence-electron chi connectivity index (χ0n) is 15.2. The number of carbonyl (C=O) groups excluding carboxylic acids is 1. The Morgan fingerprint density at radius 3 is 2.67 bits per heavy atom. The smallest absolute Gasteiger partial charge is 0.283 e. The second-order valence-electron chi connectivity index (χ2n) is 5.79. The van der Waals surface area contributed by atoms with Crippen LogP contribution in [0.15, 0.2) is 36.4 Å². The molecule has 0 aromatic heterocycles. The molecule has 144 valence electrons. The van der Waals surface area contributed by atoms with E-state index in [-0.39, 0.29) is 22.8 Å². The van der Waals surface area contributed by atoms with Crippen LogP contribution in [0.3, 0.4) is 0 Å². The molecule has 0 radical (unpaired) electrons. The summed E-state index contributed by atoms with van der Waals surface area (Å²) in [4.78, 5) is 22.8. The molecule has 2 rings (SSSR count). The first kappa shape index (κ1) is 20.5. The van der Waals surface area contributed by atoms with Gasteiger partial charge in [0.25, 0.3) is 11.6 Å². The van der Waals surface area contributed by atoms with E-state index in [9.17, 15) is 14.9 Å². The van der Waals surface area contributed by atoms with Gasteiger partial charge in [-0.05, 0) is 36.2 Å². The van der Waals surface area contributed by atoms with E-state index < -0.39 is 10.8 Å². The number of hydrogen-bond acceptors (Lipinski definition) is 5. The SMILES string of the molecule is CCCCOc1ccc(CNC(=O)c2ccc(Cl)cc2[N+](=O)[O-])cc1OC. The minimum Gasteiger partial charge on any atom is -0.493 e. The number of hydrogen-bond donors (Lipinski definition) is 1. The molecule has 0 saturated carbocycles. The third-order valence-corrected chi connectivity index (χ3v) is 4.07. The highest BCUT2D eigenvalue weighted by atomic mass is 35.5. The van der Waals surface area contributed by atoms with Gasteiger partial charge in [-0.3, -0.25) is 14.9 Å². The van der Waals surface area contributed by atoms with E-state index in [0.29, 0.717) is 18.1 Å². The van der Waals surface area contributed by atoms with Crippen molar-refractivity contribution in [2.24, 2.45) is 0 Å². The Morgan fingerprint density at radius 2 is 2.00 bits per heavy atom. The zero-order valence-corrected chi connectivity index (χ0v) is 15.9. The zero-order chi connectivity index (χ0) is 19.8. The lowest BCUT2D eigenvalue weighted by Gasteiger charge is -2.12. The average Bonchev–Trinajstić information content (AvgIpc) is 2.66. The van der Waals surface area contributed by atoms with Gasteiger partial charge in [0.05, 0.1) is 18.6 Å². The maximum absolute atomic E-state index is 12.3. The molecule has 27 heavy (non-hydrogen) atoms. The summed E-state index contributed by atoms with van der Waals surface area (Å²) in [5.74, 6) is 0.644. The molecule has 1 amide bonds. The van der Waals surface area contributed by atoms with Crippen molar-refractivity contribution in [3.8, 4) is 11.5 Å². The van der Waals surface area contributed by atoms with E-state index in [2.05, 4.69) is 12.2 Å². The Bertz CT molecular complexity index is 826. The van der Waals surface area contributed by atoms with Gasteiger partial charge >= 0.3 is 0 Å². The molecule has 0 atom stereocenters. The van der Waals surface area contributed by atoms with Crippen molar-refractivity contribution >= 4 is 23.2 Å². The van der Waals surface area contributed by atoms with E-state index in [0.717, 1.165) is 24.5 Å². The standard InChI is InChI=1S/C19H21ClN2O5/c1-3-4-9-27-17-8-5-13(10-18(17)26-2)12-21-19(23)15-7-6-14(20)11-16(15)22(24)25/h5-8,10-11H,3-4,9,12H2,1-2H3,(H,21,23). The number of nitro groups is 1. The van der Waals surface area contributed by atoms with Gasteiger partial charge in [0, 0.05) is 17.6 Å². The van der Waals surface area contributed by atoms with E-state index in [4.69, 9.17) is 21.1 Å². The number of nitrogens with one attached hydrogen (secondary N) is 1. The molecule has 1 N–H and O–H groups in total. The Hall–Kier alpha value is -2.80. The van der Waals surface area contributed by atoms with Gasteiger partial charge in [-0.15, -0.1) is 0 Å². The van der Waals surface area contributed by atoms with Crippen molar-refractivity contribution in [2.75, 3.05) is 13.7 Å². The lowest BCUT2D eigenvalue weighted by atomic mass is 10.1. The quantitative estimate of drug-likeness (QED) is 0.389. The molecule has 2 aromatic carbocycles. The first-order valence-corrected chi connectivity index (χ1v) is 8.86. The van der Waals surface area contributed by atoms with E-state index in [1.54, 1.807) is 25.3 Å². The van der Waals surface area contributed by atoms with E-state index in [1.165, 1.54) is 12.1 Å². The fourth-order valence-electron chi connectivity index (χ4n) is 2.39. The van der Waals surface area contributed by atoms with Gasteiger partial charge in [0.2, 0.25) is 0 Å². The molecule has 0 bridgehead atoms. The molecule has 0 aliphatic rings. The molecule has 7 nitrogen and oxygen atoms in total. The number of nitro benzene ring substituents is 1. The van der Waals surface area contributed by atoms with Crippen LogP contribution in [0.4, 0.5) is 5.69 Å². The summed E-state index contributed by atoms with van der Waals surface area (Å²) in [5, 5.41) is 14.0. The number of carbonyl (C=O) groups is 1. The minimum absolute atomic E-state index is 0.0455. The average molecular weight is 393 g/mol. The van der Waals surface area contributed by atoms with Crippen molar-refractivity contribution < 1.29 is 19.2 Å². The topological polar surface area (TPSA) is 90.7 Å². The lowest BCUT2D eigenvalue weighted by molar-refractivity contribution is -0.385. The van der Waals surface area contributed by atoms with Crippen molar-refractivity contribution in [2.45, 2.75) is 26.3 Å². The number of ether oxygens (including phenoxy) is 2. The van der Waals surface area contributed by atoms with Crippen LogP contribution in [-0.2, 0) is 6.54 Å². The second kappa shape index (κ2) is 9.78. The third kappa shape index (κ3) is 5.59. The number of methoxy groups -OCH3 is 1. The maximum Gasteiger partial charge on any atom is 0.283 e. The van der Waals surface area contributed by atoms with Crippen LogP contribution in [0.5, 0.6) is 11.5 Å². The monoisotopic (exact) mass is 392 g/mol. The lowest BCUT2D eigenvalue weighted by Crippen LogP contribution is -2.23. The first-order valence-electron chi connectivity index (χ1n) is 8.48. The summed E-state index contributed by atoms with van der Waals surface area (Å²) in [6.45, 7) is 2.87. The predicted molar refractivity (Wildman–Crippen MR) is 103 cm³/mol. The van der Waals surface area contributed by atoms with Crippen molar-refractivity contribution in [1.82, 2.24) is 5.32 Å². The fraction of sp³-hybridized carbons (Fsp3) is 0.316. The molecule has 2 aromatic rings. The highest BCUT2D eigenvalue weighted by Crippen LogP contribution is 2.28. The predicted octanol–water partition coefficient (Wildman–Crippen LogP) is 4.37. The second-order valence-corrected chi connectivity index (χ2v) is 6.22. The molecule has 0 unspecified atom stereocenters. The summed E-state index contributed by atoms with van der Waals surface area (Å²) < 4.78 is 11.0. The Kier molecular flexibility index (Phi) is 7.43. The fourth-order valence-corrected chi connectivity index (χ4v) is 2.56. The van der Waals surface area contributed by atoms with Crippen LogP contribution in [0.25, 0.3) is 0 Å². The van der Waals surface area contributed by atoms with Crippen LogP contribution in [-0.4, -0.2) is 24.5 Å². The summed E-state index contributed by atoms with van der Waals surface area (Å²) in [6, 6.07) is 9.27. The molecule has 0 heterocycles. The maximum atomic E-state index is 12.3. The summed E-state index contributed by atoms with van der Waals surface area (Å²) in [5.41, 5.74) is 0.396. The van der Waals surface area contributed by atoms with Crippen molar-refractivity contribution in [1.29, 1.82) is 0 Å². The number of halogens is 1. The van der Waals surface area contributed by atoms with Crippen molar-refractivity contribution in [3.63, 3.8) is 0 Å².